The number of hydrogen-bond donors (Lipinski definition) is 1. The molecule has 0 fully saturated rings. The van der Waals surface area contributed by atoms with Gasteiger partial charge in [0.25, 0.3) is 11.6 Å². The van der Waals surface area contributed by atoms with Crippen LogP contribution in [0.3, 0.4) is 0 Å². The van der Waals surface area contributed by atoms with Gasteiger partial charge in [-0.25, -0.2) is 4.79 Å². The fourth-order valence-corrected chi connectivity index (χ4v) is 3.12. The van der Waals surface area contributed by atoms with Gasteiger partial charge in [-0.1, -0.05) is 24.3 Å². The second kappa shape index (κ2) is 8.05. The van der Waals surface area contributed by atoms with Crippen molar-refractivity contribution >= 4 is 34.2 Å². The monoisotopic (exact) mass is 393 g/mol. The number of hydrogen-bond acceptors (Lipinski definition) is 6. The second-order valence-corrected chi connectivity index (χ2v) is 6.62. The van der Waals surface area contributed by atoms with Crippen LogP contribution in [-0.4, -0.2) is 28.4 Å². The van der Waals surface area contributed by atoms with E-state index in [1.165, 1.54) is 12.1 Å². The minimum Gasteiger partial charge on any atom is -0.452 e. The minimum absolute atomic E-state index is 0.0429. The molecule has 3 aromatic rings. The summed E-state index contributed by atoms with van der Waals surface area (Å²) in [6.07, 6.45) is 0. The van der Waals surface area contributed by atoms with Gasteiger partial charge in [0.2, 0.25) is 0 Å². The first-order chi connectivity index (χ1) is 13.8. The molecular formula is C21H19N3O5. The highest BCUT2D eigenvalue weighted by Gasteiger charge is 2.20. The van der Waals surface area contributed by atoms with Gasteiger partial charge in [-0.15, -0.1) is 0 Å². The van der Waals surface area contributed by atoms with Crippen molar-refractivity contribution in [2.75, 3.05) is 11.9 Å². The lowest BCUT2D eigenvalue weighted by atomic mass is 10.0. The largest absolute Gasteiger partial charge is 0.452 e. The van der Waals surface area contributed by atoms with Crippen LogP contribution in [0.15, 0.2) is 42.5 Å². The van der Waals surface area contributed by atoms with E-state index in [4.69, 9.17) is 4.74 Å². The van der Waals surface area contributed by atoms with Crippen molar-refractivity contribution in [3.8, 4) is 0 Å². The summed E-state index contributed by atoms with van der Waals surface area (Å²) in [5.74, 6) is -1.35. The number of nitro groups is 1. The molecule has 0 aliphatic carbocycles. The van der Waals surface area contributed by atoms with E-state index in [2.05, 4.69) is 10.3 Å². The SMILES string of the molecule is Cc1ccc(NC(=O)COC(=O)c2c(C)nc3ccccc3c2C)c([N+](=O)[O-])c1. The second-order valence-electron chi connectivity index (χ2n) is 6.62. The van der Waals surface area contributed by atoms with Crippen molar-refractivity contribution in [2.24, 2.45) is 0 Å². The van der Waals surface area contributed by atoms with Gasteiger partial charge in [0, 0.05) is 11.5 Å². The van der Waals surface area contributed by atoms with Crippen LogP contribution in [0.1, 0.15) is 27.2 Å². The molecule has 0 saturated heterocycles. The van der Waals surface area contributed by atoms with Crippen molar-refractivity contribution in [1.82, 2.24) is 4.98 Å². The fraction of sp³-hybridized carbons (Fsp3) is 0.190. The highest BCUT2D eigenvalue weighted by atomic mass is 16.6. The summed E-state index contributed by atoms with van der Waals surface area (Å²) in [6, 6.07) is 11.9. The lowest BCUT2D eigenvalue weighted by Gasteiger charge is -2.12. The maximum atomic E-state index is 12.6. The molecular weight excluding hydrogens is 374 g/mol. The molecule has 0 unspecified atom stereocenters. The van der Waals surface area contributed by atoms with Crippen molar-refractivity contribution in [1.29, 1.82) is 0 Å². The van der Waals surface area contributed by atoms with Gasteiger partial charge in [0.05, 0.1) is 21.7 Å². The maximum absolute atomic E-state index is 12.6. The summed E-state index contributed by atoms with van der Waals surface area (Å²) in [5, 5.41) is 14.4. The van der Waals surface area contributed by atoms with Crippen LogP contribution >= 0.6 is 0 Å². The first-order valence-electron chi connectivity index (χ1n) is 8.86. The Morgan fingerprint density at radius 2 is 1.86 bits per heavy atom. The number of nitrogens with zero attached hydrogens (tertiary/aromatic N) is 2. The summed E-state index contributed by atoms with van der Waals surface area (Å²) < 4.78 is 5.14. The number of ether oxygens (including phenoxy) is 1. The molecule has 148 valence electrons. The smallest absolute Gasteiger partial charge is 0.340 e. The summed E-state index contributed by atoms with van der Waals surface area (Å²) in [4.78, 5) is 39.7. The van der Waals surface area contributed by atoms with E-state index in [9.17, 15) is 19.7 Å². The van der Waals surface area contributed by atoms with Crippen molar-refractivity contribution in [3.05, 3.63) is 75.0 Å². The number of aryl methyl sites for hydroxylation is 3. The summed E-state index contributed by atoms with van der Waals surface area (Å²) in [7, 11) is 0. The number of carbonyl (C=O) groups excluding carboxylic acids is 2. The molecule has 0 saturated carbocycles. The number of benzene rings is 2. The normalized spacial score (nSPS) is 10.6. The number of nitrogens with one attached hydrogen (secondary N) is 1. The van der Waals surface area contributed by atoms with E-state index in [0.29, 0.717) is 22.4 Å². The Bertz CT molecular complexity index is 1140. The molecule has 1 N–H and O–H groups in total. The average molecular weight is 393 g/mol. The van der Waals surface area contributed by atoms with Crippen LogP contribution in [0.25, 0.3) is 10.9 Å². The highest BCUT2D eigenvalue weighted by Crippen LogP contribution is 2.26. The molecule has 0 spiro atoms. The van der Waals surface area contributed by atoms with Crippen LogP contribution in [-0.2, 0) is 9.53 Å². The number of para-hydroxylation sites is 1. The Hall–Kier alpha value is -3.81. The van der Waals surface area contributed by atoms with E-state index in [-0.39, 0.29) is 11.4 Å². The van der Waals surface area contributed by atoms with E-state index in [0.717, 1.165) is 10.9 Å². The zero-order valence-electron chi connectivity index (χ0n) is 16.2. The number of pyridine rings is 1. The zero-order valence-corrected chi connectivity index (χ0v) is 16.2. The molecule has 1 amide bonds. The van der Waals surface area contributed by atoms with Crippen molar-refractivity contribution < 1.29 is 19.2 Å². The number of anilines is 1. The van der Waals surface area contributed by atoms with Crippen LogP contribution in [0.4, 0.5) is 11.4 Å². The molecule has 2 aromatic carbocycles. The van der Waals surface area contributed by atoms with Crippen LogP contribution in [0.5, 0.6) is 0 Å². The number of esters is 1. The molecule has 1 aromatic heterocycles. The van der Waals surface area contributed by atoms with E-state index >= 15 is 0 Å². The quantitative estimate of drug-likeness (QED) is 0.400. The molecule has 0 atom stereocenters. The number of carbonyl (C=O) groups is 2. The van der Waals surface area contributed by atoms with Crippen LogP contribution < -0.4 is 5.32 Å². The van der Waals surface area contributed by atoms with E-state index in [1.54, 1.807) is 26.8 Å². The Labute approximate surface area is 166 Å². The first-order valence-corrected chi connectivity index (χ1v) is 8.86. The highest BCUT2D eigenvalue weighted by molar-refractivity contribution is 6.00. The van der Waals surface area contributed by atoms with E-state index in [1.807, 2.05) is 24.3 Å². The van der Waals surface area contributed by atoms with Gasteiger partial charge in [-0.3, -0.25) is 19.9 Å². The third kappa shape index (κ3) is 4.21. The summed E-state index contributed by atoms with van der Waals surface area (Å²) in [6.45, 7) is 4.63. The molecule has 0 aliphatic heterocycles. The van der Waals surface area contributed by atoms with Gasteiger partial charge in [-0.2, -0.15) is 0 Å². The molecule has 0 aliphatic rings. The number of rotatable bonds is 5. The number of amides is 1. The minimum atomic E-state index is -0.674. The Balaban J connectivity index is 1.74. The molecule has 8 heteroatoms. The third-order valence-corrected chi connectivity index (χ3v) is 4.50. The molecule has 8 nitrogen and oxygen atoms in total. The molecule has 3 rings (SSSR count). The maximum Gasteiger partial charge on any atom is 0.340 e. The van der Waals surface area contributed by atoms with Crippen molar-refractivity contribution in [2.45, 2.75) is 20.8 Å². The van der Waals surface area contributed by atoms with Gasteiger partial charge in [0.1, 0.15) is 5.69 Å². The lowest BCUT2D eigenvalue weighted by Crippen LogP contribution is -2.22. The number of aromatic nitrogens is 1. The van der Waals surface area contributed by atoms with Crippen LogP contribution in [0, 0.1) is 30.9 Å². The van der Waals surface area contributed by atoms with Gasteiger partial charge in [0.15, 0.2) is 6.61 Å². The Morgan fingerprint density at radius 1 is 1.14 bits per heavy atom. The predicted molar refractivity (Wildman–Crippen MR) is 108 cm³/mol. The lowest BCUT2D eigenvalue weighted by molar-refractivity contribution is -0.384. The Kier molecular flexibility index (Phi) is 5.54. The fourth-order valence-electron chi connectivity index (χ4n) is 3.12. The summed E-state index contributed by atoms with van der Waals surface area (Å²) >= 11 is 0. The van der Waals surface area contributed by atoms with Gasteiger partial charge >= 0.3 is 5.97 Å². The van der Waals surface area contributed by atoms with Gasteiger partial charge < -0.3 is 10.1 Å². The zero-order chi connectivity index (χ0) is 21.1. The molecule has 1 heterocycles. The number of fused-ring (bicyclic) bond motifs is 1. The van der Waals surface area contributed by atoms with E-state index < -0.39 is 23.4 Å². The van der Waals surface area contributed by atoms with Gasteiger partial charge in [-0.05, 0) is 44.0 Å². The molecule has 29 heavy (non-hydrogen) atoms. The average Bonchev–Trinajstić information content (AvgIpc) is 2.67. The molecule has 0 bridgehead atoms. The standard InChI is InChI=1S/C21H19N3O5/c1-12-8-9-17(18(10-12)24(27)28)23-19(25)11-29-21(26)20-13(2)15-6-4-5-7-16(15)22-14(20)3/h4-10H,11H2,1-3H3,(H,23,25). The number of nitro benzene ring substituents is 1. The van der Waals surface area contributed by atoms with Crippen LogP contribution in [0.2, 0.25) is 0 Å². The third-order valence-electron chi connectivity index (χ3n) is 4.50. The van der Waals surface area contributed by atoms with Crippen molar-refractivity contribution in [3.63, 3.8) is 0 Å². The first kappa shape index (κ1) is 19.9. The summed E-state index contributed by atoms with van der Waals surface area (Å²) in [5.41, 5.74) is 2.79. The predicted octanol–water partition coefficient (Wildman–Crippen LogP) is 3.86. The topological polar surface area (TPSA) is 111 Å². The Morgan fingerprint density at radius 3 is 2.59 bits per heavy atom. The molecule has 0 radical (unpaired) electrons.